The van der Waals surface area contributed by atoms with E-state index in [9.17, 15) is 4.79 Å². The predicted molar refractivity (Wildman–Crippen MR) is 60.8 cm³/mol. The van der Waals surface area contributed by atoms with E-state index in [1.54, 1.807) is 0 Å². The van der Waals surface area contributed by atoms with Crippen molar-refractivity contribution in [1.82, 2.24) is 4.90 Å². The van der Waals surface area contributed by atoms with E-state index in [2.05, 4.69) is 6.08 Å². The fourth-order valence-electron chi connectivity index (χ4n) is 1.76. The zero-order valence-electron chi connectivity index (χ0n) is 10.1. The van der Waals surface area contributed by atoms with Crippen LogP contribution in [-0.4, -0.2) is 29.2 Å². The summed E-state index contributed by atoms with van der Waals surface area (Å²) in [5.74, 6) is 0. The Morgan fingerprint density at radius 3 is 2.67 bits per heavy atom. The molecule has 0 spiro atoms. The van der Waals surface area contributed by atoms with E-state index < -0.39 is 5.60 Å². The lowest BCUT2D eigenvalue weighted by Crippen LogP contribution is -2.39. The maximum absolute atomic E-state index is 11.8. The highest BCUT2D eigenvalue weighted by Gasteiger charge is 2.30. The van der Waals surface area contributed by atoms with Gasteiger partial charge in [0, 0.05) is 6.54 Å². The molecule has 0 N–H and O–H groups in total. The highest BCUT2D eigenvalue weighted by molar-refractivity contribution is 5.69. The molecule has 0 aromatic heterocycles. The predicted octanol–water partition coefficient (Wildman–Crippen LogP) is 2.96. The molecule has 15 heavy (non-hydrogen) atoms. The van der Waals surface area contributed by atoms with Crippen LogP contribution in [0.15, 0.2) is 12.2 Å². The number of allylic oxidation sites excluding steroid dienone is 1. The molecule has 1 saturated heterocycles. The molecule has 1 aliphatic rings. The summed E-state index contributed by atoms with van der Waals surface area (Å²) >= 11 is 0. The van der Waals surface area contributed by atoms with Gasteiger partial charge in [-0.05, 0) is 40.5 Å². The molecule has 86 valence electrons. The fraction of sp³-hybridized carbons (Fsp3) is 0.750. The van der Waals surface area contributed by atoms with Crippen LogP contribution in [0.25, 0.3) is 0 Å². The number of nitrogens with zero attached hydrogens (tertiary/aromatic N) is 1. The minimum absolute atomic E-state index is 0.192. The molecule has 0 saturated carbocycles. The molecule has 0 radical (unpaired) electrons. The summed E-state index contributed by atoms with van der Waals surface area (Å²) in [6.07, 6.45) is 5.98. The molecule has 1 aliphatic heterocycles. The van der Waals surface area contributed by atoms with Crippen molar-refractivity contribution in [2.75, 3.05) is 6.54 Å². The zero-order chi connectivity index (χ0) is 11.5. The van der Waals surface area contributed by atoms with Gasteiger partial charge in [-0.3, -0.25) is 0 Å². The van der Waals surface area contributed by atoms with E-state index in [1.165, 1.54) is 0 Å². The van der Waals surface area contributed by atoms with Crippen LogP contribution in [0.1, 0.15) is 40.5 Å². The summed E-state index contributed by atoms with van der Waals surface area (Å²) < 4.78 is 5.35. The Bertz CT molecular complexity index is 253. The van der Waals surface area contributed by atoms with Crippen LogP contribution in [0.5, 0.6) is 0 Å². The van der Waals surface area contributed by atoms with Crippen LogP contribution in [0.4, 0.5) is 4.79 Å². The Kier molecular flexibility index (Phi) is 3.77. The summed E-state index contributed by atoms with van der Waals surface area (Å²) in [5.41, 5.74) is -0.403. The van der Waals surface area contributed by atoms with E-state index in [1.807, 2.05) is 38.7 Å². The number of carbonyl (C=O) groups excluding carboxylic acids is 1. The van der Waals surface area contributed by atoms with Gasteiger partial charge in [0.25, 0.3) is 0 Å². The first-order valence-electron chi connectivity index (χ1n) is 5.56. The Morgan fingerprint density at radius 2 is 2.13 bits per heavy atom. The molecule has 1 fully saturated rings. The van der Waals surface area contributed by atoms with E-state index in [0.29, 0.717) is 0 Å². The fourth-order valence-corrected chi connectivity index (χ4v) is 1.76. The molecule has 0 aromatic rings. The smallest absolute Gasteiger partial charge is 0.410 e. The summed E-state index contributed by atoms with van der Waals surface area (Å²) in [4.78, 5) is 13.6. The van der Waals surface area contributed by atoms with Crippen molar-refractivity contribution in [3.8, 4) is 0 Å². The minimum atomic E-state index is -0.403. The van der Waals surface area contributed by atoms with Gasteiger partial charge in [-0.2, -0.15) is 0 Å². The lowest BCUT2D eigenvalue weighted by molar-refractivity contribution is 0.0256. The molecule has 1 heterocycles. The third kappa shape index (κ3) is 3.57. The Balaban J connectivity index is 2.59. The first-order chi connectivity index (χ1) is 6.94. The van der Waals surface area contributed by atoms with Crippen molar-refractivity contribution < 1.29 is 9.53 Å². The average Bonchev–Trinajstić information content (AvgIpc) is 2.49. The number of carbonyl (C=O) groups is 1. The zero-order valence-corrected chi connectivity index (χ0v) is 10.1. The largest absolute Gasteiger partial charge is 0.444 e. The minimum Gasteiger partial charge on any atom is -0.444 e. The van der Waals surface area contributed by atoms with Gasteiger partial charge in [-0.25, -0.2) is 4.79 Å². The van der Waals surface area contributed by atoms with Crippen LogP contribution < -0.4 is 0 Å². The molecule has 1 unspecified atom stereocenters. The van der Waals surface area contributed by atoms with E-state index >= 15 is 0 Å². The van der Waals surface area contributed by atoms with Crippen molar-refractivity contribution >= 4 is 6.09 Å². The SMILES string of the molecule is C/C=C/C1CCCN1C(=O)OC(C)(C)C. The second kappa shape index (κ2) is 4.69. The van der Waals surface area contributed by atoms with Crippen molar-refractivity contribution in [2.24, 2.45) is 0 Å². The molecule has 1 amide bonds. The standard InChI is InChI=1S/C12H21NO2/c1-5-7-10-8-6-9-13(10)11(14)15-12(2,3)4/h5,7,10H,6,8-9H2,1-4H3/b7-5+. The normalized spacial score (nSPS) is 22.4. The number of hydrogen-bond donors (Lipinski definition) is 0. The van der Waals surface area contributed by atoms with Gasteiger partial charge in [0.05, 0.1) is 6.04 Å². The molecule has 1 atom stereocenters. The maximum atomic E-state index is 11.8. The molecular formula is C12H21NO2. The average molecular weight is 211 g/mol. The van der Waals surface area contributed by atoms with Crippen molar-refractivity contribution in [3.63, 3.8) is 0 Å². The Hall–Kier alpha value is -0.990. The van der Waals surface area contributed by atoms with Gasteiger partial charge in [-0.15, -0.1) is 0 Å². The van der Waals surface area contributed by atoms with Crippen LogP contribution >= 0.6 is 0 Å². The lowest BCUT2D eigenvalue weighted by Gasteiger charge is -2.27. The monoisotopic (exact) mass is 211 g/mol. The molecule has 3 heteroatoms. The van der Waals surface area contributed by atoms with Crippen LogP contribution in [0.3, 0.4) is 0 Å². The van der Waals surface area contributed by atoms with E-state index in [4.69, 9.17) is 4.74 Å². The summed E-state index contributed by atoms with van der Waals surface area (Å²) in [6.45, 7) is 8.47. The third-order valence-corrected chi connectivity index (χ3v) is 2.34. The Morgan fingerprint density at radius 1 is 1.47 bits per heavy atom. The molecule has 0 aliphatic carbocycles. The van der Waals surface area contributed by atoms with Crippen molar-refractivity contribution in [3.05, 3.63) is 12.2 Å². The van der Waals surface area contributed by atoms with Crippen LogP contribution in [0.2, 0.25) is 0 Å². The summed E-state index contributed by atoms with van der Waals surface area (Å²) in [5, 5.41) is 0. The van der Waals surface area contributed by atoms with Gasteiger partial charge in [0.1, 0.15) is 5.60 Å². The van der Waals surface area contributed by atoms with Gasteiger partial charge >= 0.3 is 6.09 Å². The third-order valence-electron chi connectivity index (χ3n) is 2.34. The van der Waals surface area contributed by atoms with Gasteiger partial charge in [0.15, 0.2) is 0 Å². The molecule has 1 rings (SSSR count). The second-order valence-electron chi connectivity index (χ2n) is 4.91. The Labute approximate surface area is 92.1 Å². The highest BCUT2D eigenvalue weighted by atomic mass is 16.6. The quantitative estimate of drug-likeness (QED) is 0.624. The number of hydrogen-bond acceptors (Lipinski definition) is 2. The number of rotatable bonds is 1. The van der Waals surface area contributed by atoms with Crippen LogP contribution in [-0.2, 0) is 4.74 Å². The van der Waals surface area contributed by atoms with Gasteiger partial charge < -0.3 is 9.64 Å². The second-order valence-corrected chi connectivity index (χ2v) is 4.91. The maximum Gasteiger partial charge on any atom is 0.410 e. The number of ether oxygens (including phenoxy) is 1. The number of amides is 1. The lowest BCUT2D eigenvalue weighted by atomic mass is 10.2. The first kappa shape index (κ1) is 12.1. The topological polar surface area (TPSA) is 29.5 Å². The molecule has 3 nitrogen and oxygen atoms in total. The molecular weight excluding hydrogens is 190 g/mol. The van der Waals surface area contributed by atoms with Crippen molar-refractivity contribution in [1.29, 1.82) is 0 Å². The summed E-state index contributed by atoms with van der Waals surface area (Å²) in [6, 6.07) is 0.227. The molecule has 0 aromatic carbocycles. The first-order valence-corrected chi connectivity index (χ1v) is 5.56. The van der Waals surface area contributed by atoms with E-state index in [0.717, 1.165) is 19.4 Å². The highest BCUT2D eigenvalue weighted by Crippen LogP contribution is 2.21. The molecule has 0 bridgehead atoms. The van der Waals surface area contributed by atoms with Crippen molar-refractivity contribution in [2.45, 2.75) is 52.2 Å². The summed E-state index contributed by atoms with van der Waals surface area (Å²) in [7, 11) is 0. The van der Waals surface area contributed by atoms with Gasteiger partial charge in [0.2, 0.25) is 0 Å². The number of likely N-dealkylation sites (tertiary alicyclic amines) is 1. The van der Waals surface area contributed by atoms with Crippen LogP contribution in [0, 0.1) is 0 Å². The van der Waals surface area contributed by atoms with Gasteiger partial charge in [-0.1, -0.05) is 12.2 Å². The van der Waals surface area contributed by atoms with E-state index in [-0.39, 0.29) is 12.1 Å².